The van der Waals surface area contributed by atoms with E-state index >= 15 is 0 Å². The van der Waals surface area contributed by atoms with Crippen molar-refractivity contribution in [3.05, 3.63) is 42.3 Å². The molecule has 0 aliphatic heterocycles. The molecule has 1 saturated carbocycles. The van der Waals surface area contributed by atoms with Gasteiger partial charge < -0.3 is 15.8 Å². The maximum atomic E-state index is 13.3. The number of rotatable bonds is 4. The number of ether oxygens (including phenoxy) is 1. The highest BCUT2D eigenvalue weighted by atomic mass is 19.1. The number of methoxy groups -OCH3 is 1. The Morgan fingerprint density at radius 1 is 1.33 bits per heavy atom. The maximum absolute atomic E-state index is 13.3. The van der Waals surface area contributed by atoms with Crippen LogP contribution in [0.1, 0.15) is 12.8 Å². The molecule has 1 aliphatic carbocycles. The summed E-state index contributed by atoms with van der Waals surface area (Å²) in [4.78, 5) is 16.1. The van der Waals surface area contributed by atoms with Crippen molar-refractivity contribution in [3.63, 3.8) is 0 Å². The largest absolute Gasteiger partial charge is 0.496 e. The minimum atomic E-state index is -0.374. The Balaban J connectivity index is 1.73. The molecule has 1 aromatic carbocycles. The van der Waals surface area contributed by atoms with Crippen LogP contribution >= 0.6 is 0 Å². The number of nitrogens with two attached hydrogens (primary N) is 1. The summed E-state index contributed by atoms with van der Waals surface area (Å²) in [6, 6.07) is 7.74. The molecule has 1 fully saturated rings. The first-order chi connectivity index (χ1) is 11.5. The monoisotopic (exact) mass is 330 g/mol. The van der Waals surface area contributed by atoms with E-state index in [4.69, 9.17) is 10.5 Å². The third-order valence-corrected chi connectivity index (χ3v) is 3.99. The van der Waals surface area contributed by atoms with Gasteiger partial charge in [-0.1, -0.05) is 0 Å². The lowest BCUT2D eigenvalue weighted by Crippen LogP contribution is -2.51. The van der Waals surface area contributed by atoms with Gasteiger partial charge in [-0.05, 0) is 42.7 Å². The number of aromatic nitrogens is 1. The van der Waals surface area contributed by atoms with Gasteiger partial charge in [0.15, 0.2) is 0 Å². The molecule has 0 spiro atoms. The number of halogens is 1. The Kier molecular flexibility index (Phi) is 4.61. The Hall–Kier alpha value is -2.67. The number of carbonyl (C=O) groups excluding carboxylic acids is 1. The molecule has 24 heavy (non-hydrogen) atoms. The van der Waals surface area contributed by atoms with Crippen molar-refractivity contribution in [2.75, 3.05) is 12.4 Å². The van der Waals surface area contributed by atoms with Crippen LogP contribution in [-0.2, 0) is 0 Å². The van der Waals surface area contributed by atoms with Gasteiger partial charge in [0, 0.05) is 29.9 Å². The third kappa shape index (κ3) is 3.62. The molecule has 7 heteroatoms. The fourth-order valence-electron chi connectivity index (χ4n) is 2.69. The number of nitrogens with one attached hydrogen (secondary N) is 2. The number of benzene rings is 1. The van der Waals surface area contributed by atoms with Crippen molar-refractivity contribution >= 4 is 11.8 Å². The summed E-state index contributed by atoms with van der Waals surface area (Å²) in [5.41, 5.74) is 7.18. The van der Waals surface area contributed by atoms with Crippen LogP contribution in [0.25, 0.3) is 11.1 Å². The normalized spacial score (nSPS) is 19.3. The van der Waals surface area contributed by atoms with E-state index in [2.05, 4.69) is 15.6 Å². The van der Waals surface area contributed by atoms with Crippen molar-refractivity contribution < 1.29 is 13.9 Å². The first kappa shape index (κ1) is 16.2. The second kappa shape index (κ2) is 6.84. The number of carbonyl (C=O) groups is 1. The average molecular weight is 330 g/mol. The van der Waals surface area contributed by atoms with E-state index in [0.29, 0.717) is 11.6 Å². The summed E-state index contributed by atoms with van der Waals surface area (Å²) in [6.07, 6.45) is 3.15. The summed E-state index contributed by atoms with van der Waals surface area (Å²) in [5, 5.41) is 5.54. The summed E-state index contributed by atoms with van der Waals surface area (Å²) < 4.78 is 18.5. The quantitative estimate of drug-likeness (QED) is 0.803. The van der Waals surface area contributed by atoms with Gasteiger partial charge in [-0.15, -0.1) is 0 Å². The number of hydrogen-bond donors (Lipinski definition) is 3. The third-order valence-electron chi connectivity index (χ3n) is 3.99. The summed E-state index contributed by atoms with van der Waals surface area (Å²) in [6.45, 7) is 0. The highest BCUT2D eigenvalue weighted by Crippen LogP contribution is 2.31. The second-order valence-corrected chi connectivity index (χ2v) is 5.80. The molecule has 1 aromatic heterocycles. The fourth-order valence-corrected chi connectivity index (χ4v) is 2.69. The number of urea groups is 1. The molecule has 3 rings (SSSR count). The molecule has 1 aliphatic rings. The minimum absolute atomic E-state index is 0.111. The van der Waals surface area contributed by atoms with Gasteiger partial charge in [-0.2, -0.15) is 0 Å². The fraction of sp³-hybridized carbons (Fsp3) is 0.294. The van der Waals surface area contributed by atoms with Gasteiger partial charge in [0.25, 0.3) is 0 Å². The van der Waals surface area contributed by atoms with E-state index in [0.717, 1.165) is 24.0 Å². The van der Waals surface area contributed by atoms with E-state index in [1.54, 1.807) is 24.4 Å². The van der Waals surface area contributed by atoms with Gasteiger partial charge in [0.1, 0.15) is 17.4 Å². The average Bonchev–Trinajstić information content (AvgIpc) is 2.53. The number of pyridine rings is 1. The van der Waals surface area contributed by atoms with E-state index in [1.165, 1.54) is 19.2 Å². The zero-order chi connectivity index (χ0) is 17.1. The Bertz CT molecular complexity index is 747. The zero-order valence-electron chi connectivity index (χ0n) is 13.3. The van der Waals surface area contributed by atoms with Crippen LogP contribution < -0.4 is 21.1 Å². The lowest BCUT2D eigenvalue weighted by molar-refractivity contribution is 0.234. The molecule has 126 valence electrons. The standard InChI is InChI=1S/C17H19FN4O2/c1-24-15-7-11(18)2-3-14(15)10-4-5-20-16(6-10)22-17(23)21-13-8-12(19)9-13/h2-7,12-13H,8-9,19H2,1H3,(H2,20,21,22,23). The van der Waals surface area contributed by atoms with Crippen LogP contribution in [0.4, 0.5) is 15.0 Å². The highest BCUT2D eigenvalue weighted by molar-refractivity contribution is 5.89. The molecule has 0 radical (unpaired) electrons. The molecule has 6 nitrogen and oxygen atoms in total. The SMILES string of the molecule is COc1cc(F)ccc1-c1ccnc(NC(=O)NC2CC(N)C2)c1. The first-order valence-electron chi connectivity index (χ1n) is 7.68. The summed E-state index contributed by atoms with van der Waals surface area (Å²) in [5.74, 6) is 0.446. The van der Waals surface area contributed by atoms with E-state index in [1.807, 2.05) is 0 Å². The van der Waals surface area contributed by atoms with Gasteiger partial charge >= 0.3 is 6.03 Å². The molecule has 1 heterocycles. The molecular formula is C17H19FN4O2. The zero-order valence-corrected chi connectivity index (χ0v) is 13.3. The predicted molar refractivity (Wildman–Crippen MR) is 89.3 cm³/mol. The van der Waals surface area contributed by atoms with Crippen LogP contribution in [0, 0.1) is 5.82 Å². The minimum Gasteiger partial charge on any atom is -0.496 e. The van der Waals surface area contributed by atoms with E-state index < -0.39 is 0 Å². The number of amides is 2. The van der Waals surface area contributed by atoms with Gasteiger partial charge in [-0.3, -0.25) is 5.32 Å². The Morgan fingerprint density at radius 2 is 2.12 bits per heavy atom. The summed E-state index contributed by atoms with van der Waals surface area (Å²) in [7, 11) is 1.48. The number of nitrogens with zero attached hydrogens (tertiary/aromatic N) is 1. The van der Waals surface area contributed by atoms with Crippen LogP contribution in [0.5, 0.6) is 5.75 Å². The molecule has 2 aromatic rings. The topological polar surface area (TPSA) is 89.3 Å². The van der Waals surface area contributed by atoms with Crippen LogP contribution in [0.3, 0.4) is 0 Å². The lowest BCUT2D eigenvalue weighted by Gasteiger charge is -2.32. The van der Waals surface area contributed by atoms with Crippen molar-refractivity contribution in [2.24, 2.45) is 5.73 Å². The van der Waals surface area contributed by atoms with Gasteiger partial charge in [0.2, 0.25) is 0 Å². The van der Waals surface area contributed by atoms with Crippen LogP contribution in [0.2, 0.25) is 0 Å². The van der Waals surface area contributed by atoms with Crippen LogP contribution in [0.15, 0.2) is 36.5 Å². The summed E-state index contributed by atoms with van der Waals surface area (Å²) >= 11 is 0. The number of anilines is 1. The van der Waals surface area contributed by atoms with E-state index in [9.17, 15) is 9.18 Å². The van der Waals surface area contributed by atoms with Crippen molar-refractivity contribution in [3.8, 4) is 16.9 Å². The van der Waals surface area contributed by atoms with Crippen molar-refractivity contribution in [2.45, 2.75) is 24.9 Å². The molecule has 0 atom stereocenters. The van der Waals surface area contributed by atoms with Crippen LogP contribution in [-0.4, -0.2) is 30.2 Å². The molecule has 4 N–H and O–H groups in total. The molecule has 0 saturated heterocycles. The number of hydrogen-bond acceptors (Lipinski definition) is 4. The second-order valence-electron chi connectivity index (χ2n) is 5.80. The highest BCUT2D eigenvalue weighted by Gasteiger charge is 2.27. The maximum Gasteiger partial charge on any atom is 0.320 e. The smallest absolute Gasteiger partial charge is 0.320 e. The molecule has 2 amide bonds. The Labute approximate surface area is 139 Å². The Morgan fingerprint density at radius 3 is 2.83 bits per heavy atom. The van der Waals surface area contributed by atoms with E-state index in [-0.39, 0.29) is 23.9 Å². The lowest BCUT2D eigenvalue weighted by atomic mass is 9.88. The van der Waals surface area contributed by atoms with Gasteiger partial charge in [-0.25, -0.2) is 14.2 Å². The molecule has 0 unspecified atom stereocenters. The van der Waals surface area contributed by atoms with Gasteiger partial charge in [0.05, 0.1) is 7.11 Å². The van der Waals surface area contributed by atoms with Crippen molar-refractivity contribution in [1.29, 1.82) is 0 Å². The molecular weight excluding hydrogens is 311 g/mol. The predicted octanol–water partition coefficient (Wildman–Crippen LogP) is 2.51. The molecule has 0 bridgehead atoms. The first-order valence-corrected chi connectivity index (χ1v) is 7.68. The van der Waals surface area contributed by atoms with Crippen molar-refractivity contribution in [1.82, 2.24) is 10.3 Å².